The largest absolute Gasteiger partial charge is 0.462 e. The number of carbonyl (C=O) groups excluding carboxylic acids is 3. The first-order valence-electron chi connectivity index (χ1n) is 29.8. The van der Waals surface area contributed by atoms with Crippen molar-refractivity contribution in [2.75, 3.05) is 13.2 Å². The molecule has 0 rings (SSSR count). The molecule has 0 aromatic carbocycles. The van der Waals surface area contributed by atoms with E-state index in [1.165, 1.54) is 167 Å². The second-order valence-electron chi connectivity index (χ2n) is 19.9. The maximum Gasteiger partial charge on any atom is 0.306 e. The fraction of sp³-hybridized carbons (Fsp3) is 0.794. The van der Waals surface area contributed by atoms with Crippen LogP contribution in [-0.4, -0.2) is 37.2 Å². The Hall–Kier alpha value is -2.89. The quantitative estimate of drug-likeness (QED) is 0.0262. The molecule has 0 aliphatic rings. The molecule has 0 aromatic heterocycles. The van der Waals surface area contributed by atoms with Crippen LogP contribution >= 0.6 is 0 Å². The smallest absolute Gasteiger partial charge is 0.306 e. The van der Waals surface area contributed by atoms with Crippen molar-refractivity contribution >= 4 is 17.9 Å². The standard InChI is InChI=1S/C63H112O6/c1-4-7-10-13-16-19-22-25-28-30-32-34-35-38-41-44-47-50-53-56-62(65)68-59-60(58-67-61(64)55-52-49-46-43-40-37-27-24-21-18-15-12-9-6-3)69-63(66)57-54-51-48-45-42-39-36-33-31-29-26-23-20-17-14-11-8-5-2/h7,10,16,19,25,28,32,34,38,41,60H,4-6,8-9,11-15,17-18,20-24,26-27,29-31,33,35-37,39-40,42-59H2,1-3H3/b10-7+,19-16+,28-25+,34-32+,41-38+/t60-/m1/s1. The molecule has 1 atom stereocenters. The Labute approximate surface area is 428 Å². The third kappa shape index (κ3) is 55.9. The zero-order chi connectivity index (χ0) is 50.0. The summed E-state index contributed by atoms with van der Waals surface area (Å²) in [5.41, 5.74) is 0. The molecule has 0 N–H and O–H groups in total. The Kier molecular flexibility index (Phi) is 55.3. The van der Waals surface area contributed by atoms with Gasteiger partial charge in [0.05, 0.1) is 0 Å². The van der Waals surface area contributed by atoms with Crippen LogP contribution in [0.5, 0.6) is 0 Å². The minimum Gasteiger partial charge on any atom is -0.462 e. The average Bonchev–Trinajstić information content (AvgIpc) is 3.35. The number of allylic oxidation sites excluding steroid dienone is 10. The lowest BCUT2D eigenvalue weighted by Crippen LogP contribution is -2.30. The van der Waals surface area contributed by atoms with Crippen LogP contribution in [0, 0.1) is 0 Å². The topological polar surface area (TPSA) is 78.9 Å². The van der Waals surface area contributed by atoms with Gasteiger partial charge in [0, 0.05) is 19.3 Å². The zero-order valence-electron chi connectivity index (χ0n) is 45.8. The summed E-state index contributed by atoms with van der Waals surface area (Å²) in [5.74, 6) is -0.897. The number of hydrogen-bond donors (Lipinski definition) is 0. The molecule has 0 radical (unpaired) electrons. The highest BCUT2D eigenvalue weighted by atomic mass is 16.6. The van der Waals surface area contributed by atoms with Crippen molar-refractivity contribution < 1.29 is 28.6 Å². The molecule has 0 aliphatic carbocycles. The number of ether oxygens (including phenoxy) is 3. The fourth-order valence-corrected chi connectivity index (χ4v) is 8.59. The third-order valence-electron chi connectivity index (χ3n) is 13.0. The Morgan fingerprint density at radius 3 is 0.884 bits per heavy atom. The lowest BCUT2D eigenvalue weighted by atomic mass is 10.0. The number of hydrogen-bond acceptors (Lipinski definition) is 6. The minimum atomic E-state index is -0.785. The molecule has 0 unspecified atom stereocenters. The van der Waals surface area contributed by atoms with Crippen molar-refractivity contribution in [3.05, 3.63) is 60.8 Å². The maximum atomic E-state index is 12.9. The van der Waals surface area contributed by atoms with Gasteiger partial charge < -0.3 is 14.2 Å². The molecule has 0 aliphatic heterocycles. The van der Waals surface area contributed by atoms with E-state index in [0.29, 0.717) is 19.3 Å². The van der Waals surface area contributed by atoms with Crippen LogP contribution in [-0.2, 0) is 28.6 Å². The monoisotopic (exact) mass is 965 g/mol. The summed E-state index contributed by atoms with van der Waals surface area (Å²) < 4.78 is 16.9. The van der Waals surface area contributed by atoms with Gasteiger partial charge in [-0.15, -0.1) is 0 Å². The van der Waals surface area contributed by atoms with Crippen molar-refractivity contribution in [1.82, 2.24) is 0 Å². The van der Waals surface area contributed by atoms with Gasteiger partial charge in [-0.1, -0.05) is 281 Å². The van der Waals surface area contributed by atoms with E-state index in [1.54, 1.807) is 0 Å². The molecule has 0 bridgehead atoms. The summed E-state index contributed by atoms with van der Waals surface area (Å²) in [4.78, 5) is 38.2. The van der Waals surface area contributed by atoms with Gasteiger partial charge in [-0.2, -0.15) is 0 Å². The Bertz CT molecular complexity index is 1250. The molecule has 6 nitrogen and oxygen atoms in total. The van der Waals surface area contributed by atoms with Gasteiger partial charge in [-0.3, -0.25) is 14.4 Å². The molecular weight excluding hydrogens is 853 g/mol. The first-order chi connectivity index (χ1) is 34.0. The van der Waals surface area contributed by atoms with Crippen LogP contribution in [0.15, 0.2) is 60.8 Å². The van der Waals surface area contributed by atoms with Gasteiger partial charge in [0.2, 0.25) is 0 Å². The highest BCUT2D eigenvalue weighted by Crippen LogP contribution is 2.17. The maximum absolute atomic E-state index is 12.9. The molecule has 0 fully saturated rings. The van der Waals surface area contributed by atoms with Crippen molar-refractivity contribution in [3.63, 3.8) is 0 Å². The molecule has 0 heterocycles. The Morgan fingerprint density at radius 2 is 0.565 bits per heavy atom. The lowest BCUT2D eigenvalue weighted by molar-refractivity contribution is -0.167. The van der Waals surface area contributed by atoms with Crippen LogP contribution in [0.2, 0.25) is 0 Å². The fourth-order valence-electron chi connectivity index (χ4n) is 8.59. The molecule has 400 valence electrons. The summed E-state index contributed by atoms with van der Waals surface area (Å²) in [6, 6.07) is 0. The predicted octanol–water partition coefficient (Wildman–Crippen LogP) is 20.0. The minimum absolute atomic E-state index is 0.0805. The van der Waals surface area contributed by atoms with E-state index < -0.39 is 6.10 Å². The second-order valence-corrected chi connectivity index (χ2v) is 19.9. The van der Waals surface area contributed by atoms with Gasteiger partial charge in [-0.05, 0) is 64.2 Å². The van der Waals surface area contributed by atoms with Crippen molar-refractivity contribution in [1.29, 1.82) is 0 Å². The third-order valence-corrected chi connectivity index (χ3v) is 13.0. The summed E-state index contributed by atoms with van der Waals surface area (Å²) in [7, 11) is 0. The molecule has 0 saturated carbocycles. The average molecular weight is 966 g/mol. The second kappa shape index (κ2) is 57.7. The number of carbonyl (C=O) groups is 3. The molecular formula is C63H112O6. The molecule has 0 saturated heterocycles. The van der Waals surface area contributed by atoms with Crippen molar-refractivity contribution in [2.45, 2.75) is 309 Å². The molecule has 0 spiro atoms. The van der Waals surface area contributed by atoms with E-state index in [0.717, 1.165) is 96.3 Å². The lowest BCUT2D eigenvalue weighted by Gasteiger charge is -2.18. The van der Waals surface area contributed by atoms with E-state index in [-0.39, 0.29) is 31.1 Å². The normalized spacial score (nSPS) is 12.4. The molecule has 6 heteroatoms. The van der Waals surface area contributed by atoms with Gasteiger partial charge in [-0.25, -0.2) is 0 Å². The molecule has 69 heavy (non-hydrogen) atoms. The van der Waals surface area contributed by atoms with Crippen LogP contribution in [0.25, 0.3) is 0 Å². The van der Waals surface area contributed by atoms with Gasteiger partial charge >= 0.3 is 17.9 Å². The molecule has 0 aromatic rings. The first-order valence-corrected chi connectivity index (χ1v) is 29.8. The van der Waals surface area contributed by atoms with E-state index in [9.17, 15) is 14.4 Å². The van der Waals surface area contributed by atoms with E-state index in [2.05, 4.69) is 81.5 Å². The summed E-state index contributed by atoms with van der Waals surface area (Å²) in [6.07, 6.45) is 72.1. The van der Waals surface area contributed by atoms with Crippen LogP contribution in [0.1, 0.15) is 303 Å². The van der Waals surface area contributed by atoms with Crippen LogP contribution in [0.4, 0.5) is 0 Å². The van der Waals surface area contributed by atoms with Crippen molar-refractivity contribution in [3.8, 4) is 0 Å². The summed E-state index contributed by atoms with van der Waals surface area (Å²) in [5, 5.41) is 0. The summed E-state index contributed by atoms with van der Waals surface area (Å²) in [6.45, 7) is 6.54. The van der Waals surface area contributed by atoms with E-state index >= 15 is 0 Å². The molecule has 0 amide bonds. The summed E-state index contributed by atoms with van der Waals surface area (Å²) >= 11 is 0. The SMILES string of the molecule is CC/C=C/C/C=C/C/C=C/C/C=C/C/C=C/CCCCCC(=O)OC[C@@H](COC(=O)CCCCCCCCCCCCCCCC)OC(=O)CCCCCCCCCCCCCCCCCCCC. The Morgan fingerprint density at radius 1 is 0.304 bits per heavy atom. The number of rotatable bonds is 54. The first kappa shape index (κ1) is 66.1. The van der Waals surface area contributed by atoms with Gasteiger partial charge in [0.25, 0.3) is 0 Å². The van der Waals surface area contributed by atoms with E-state index in [4.69, 9.17) is 14.2 Å². The number of esters is 3. The van der Waals surface area contributed by atoms with Crippen molar-refractivity contribution in [2.24, 2.45) is 0 Å². The highest BCUT2D eigenvalue weighted by molar-refractivity contribution is 5.71. The number of unbranched alkanes of at least 4 members (excludes halogenated alkanes) is 33. The van der Waals surface area contributed by atoms with Gasteiger partial charge in [0.15, 0.2) is 6.10 Å². The van der Waals surface area contributed by atoms with Crippen LogP contribution in [0.3, 0.4) is 0 Å². The van der Waals surface area contributed by atoms with E-state index in [1.807, 2.05) is 0 Å². The Balaban J connectivity index is 4.40. The van der Waals surface area contributed by atoms with Gasteiger partial charge in [0.1, 0.15) is 13.2 Å². The van der Waals surface area contributed by atoms with Crippen LogP contribution < -0.4 is 0 Å². The predicted molar refractivity (Wildman–Crippen MR) is 298 cm³/mol. The highest BCUT2D eigenvalue weighted by Gasteiger charge is 2.19. The zero-order valence-corrected chi connectivity index (χ0v) is 45.8.